The van der Waals surface area contributed by atoms with E-state index in [1.807, 2.05) is 99.6 Å². The average molecular weight is 890 g/mol. The highest BCUT2D eigenvalue weighted by atomic mass is 16.3. The van der Waals surface area contributed by atoms with Gasteiger partial charge in [-0.2, -0.15) is 0 Å². The molecule has 0 aliphatic carbocycles. The van der Waals surface area contributed by atoms with Crippen LogP contribution in [0.3, 0.4) is 0 Å². The normalized spacial score (nSPS) is 18.0. The smallest absolute Gasteiger partial charge is 0.149 e. The topological polar surface area (TPSA) is 50.9 Å². The van der Waals surface area contributed by atoms with Gasteiger partial charge in [-0.25, -0.2) is 4.98 Å². The van der Waals surface area contributed by atoms with Crippen molar-refractivity contribution in [2.45, 2.75) is 130 Å². The second-order valence-electron chi connectivity index (χ2n) is 20.5. The van der Waals surface area contributed by atoms with Crippen LogP contribution in [-0.4, -0.2) is 19.6 Å². The van der Waals surface area contributed by atoms with Crippen LogP contribution >= 0.6 is 0 Å². The fourth-order valence-electron chi connectivity index (χ4n) is 8.62. The SMILES string of the molecule is [2H]C([2H])([2H])C(c1cc(-c2nc3c(-c4cc(-c5cc(-c6ccccc6C(C)(C)C)ccn5)cc(C(C)(C)C)c4)cccc3n2-c2ccc(C(C)(C)C)cc2-c2ccccc2)c(O)c(C(C([2H])([2H])[2H])(C([2H])([2H])[2H])C([2H])([2H])[2H])c1)(C([2H])([2H])[2H])C([2H])([2H])[2H]. The number of hydrogen-bond acceptors (Lipinski definition) is 3. The van der Waals surface area contributed by atoms with Crippen LogP contribution in [-0.2, 0) is 27.1 Å². The highest BCUT2D eigenvalue weighted by Crippen LogP contribution is 2.46. The van der Waals surface area contributed by atoms with E-state index >= 15 is 0 Å². The molecule has 0 unspecified atom stereocenters. The molecule has 0 bridgehead atoms. The number of nitrogens with zero attached hydrogens (tertiary/aromatic N) is 3. The van der Waals surface area contributed by atoms with E-state index in [1.54, 1.807) is 35.0 Å². The van der Waals surface area contributed by atoms with E-state index in [9.17, 15) is 5.11 Å². The Kier molecular flexibility index (Phi) is 7.20. The molecule has 2 heterocycles. The Morgan fingerprint density at radius 3 is 1.77 bits per heavy atom. The van der Waals surface area contributed by atoms with Crippen LogP contribution in [0, 0.1) is 0 Å². The first-order valence-electron chi connectivity index (χ1n) is 31.1. The summed E-state index contributed by atoms with van der Waals surface area (Å²) >= 11 is 0. The molecule has 0 radical (unpaired) electrons. The molecule has 4 nitrogen and oxygen atoms in total. The minimum Gasteiger partial charge on any atom is -0.507 e. The van der Waals surface area contributed by atoms with Crippen molar-refractivity contribution in [2.24, 2.45) is 0 Å². The van der Waals surface area contributed by atoms with E-state index in [0.29, 0.717) is 45.2 Å². The number of aromatic nitrogens is 3. The van der Waals surface area contributed by atoms with Crippen molar-refractivity contribution < 1.29 is 29.8 Å². The molecule has 0 atom stereocenters. The molecule has 0 amide bonds. The summed E-state index contributed by atoms with van der Waals surface area (Å²) < 4.78 is 160. The number of phenols is 1. The summed E-state index contributed by atoms with van der Waals surface area (Å²) in [5.74, 6) is -1.75. The number of phenolic OH excluding ortho intramolecular Hbond substituents is 1. The van der Waals surface area contributed by atoms with Crippen molar-refractivity contribution in [3.8, 4) is 67.5 Å². The Bertz CT molecular complexity index is 3710. The van der Waals surface area contributed by atoms with Crippen molar-refractivity contribution >= 4 is 11.0 Å². The van der Waals surface area contributed by atoms with Gasteiger partial charge in [-0.3, -0.25) is 9.55 Å². The molecule has 8 aromatic rings. The molecule has 1 N–H and O–H groups in total. The Morgan fingerprint density at radius 2 is 1.09 bits per heavy atom. The van der Waals surface area contributed by atoms with Crippen LogP contribution in [0.25, 0.3) is 72.7 Å². The first kappa shape index (κ1) is 28.7. The first-order chi connectivity index (χ1) is 38.3. The number of imidazole rings is 1. The van der Waals surface area contributed by atoms with Crippen LogP contribution in [0.4, 0.5) is 0 Å². The monoisotopic (exact) mass is 890 g/mol. The number of benzene rings is 6. The van der Waals surface area contributed by atoms with Crippen molar-refractivity contribution in [1.29, 1.82) is 0 Å². The summed E-state index contributed by atoms with van der Waals surface area (Å²) in [6, 6.07) is 39.2. The Labute approximate surface area is 420 Å². The predicted octanol–water partition coefficient (Wildman–Crippen LogP) is 16.9. The average Bonchev–Trinajstić information content (AvgIpc) is 0.989. The zero-order valence-electron chi connectivity index (χ0n) is 57.1. The highest BCUT2D eigenvalue weighted by Gasteiger charge is 2.30. The van der Waals surface area contributed by atoms with Gasteiger partial charge in [0.2, 0.25) is 0 Å². The quantitative estimate of drug-likeness (QED) is 0.181. The number of fused-ring (bicyclic) bond motifs is 1. The van der Waals surface area contributed by atoms with Gasteiger partial charge in [0.05, 0.1) is 28.0 Å². The lowest BCUT2D eigenvalue weighted by Gasteiger charge is -2.28. The Morgan fingerprint density at radius 1 is 0.455 bits per heavy atom. The van der Waals surface area contributed by atoms with Gasteiger partial charge in [0.15, 0.2) is 0 Å². The standard InChI is InChI=1S/C62H69N3O/c1-58(2,3)43-28-29-53(48(36-43)39-22-17-16-18-23-39)65-54-27-21-25-47(55(54)64-57(65)49-37-45(60(7,8)9)38-51(56(49)66)62(13,14)15)41-32-42(34-44(33-41)59(4,5)6)52-35-40(30-31-63-52)46-24-19-20-26-50(46)61(10,11)12/h16-38,66H,1-15H3/i7D3,8D3,9D3,13D3,14D3,15D3. The lowest BCUT2D eigenvalue weighted by Crippen LogP contribution is -2.17. The number of pyridine rings is 1. The van der Waals surface area contributed by atoms with Gasteiger partial charge >= 0.3 is 0 Å². The number of aromatic hydroxyl groups is 1. The molecule has 0 spiro atoms. The van der Waals surface area contributed by atoms with Crippen LogP contribution in [0.2, 0.25) is 0 Å². The van der Waals surface area contributed by atoms with Gasteiger partial charge in [-0.05, 0) is 120 Å². The van der Waals surface area contributed by atoms with Gasteiger partial charge in [0.25, 0.3) is 0 Å². The minimum absolute atomic E-state index is 0.191. The van der Waals surface area contributed by atoms with E-state index in [-0.39, 0.29) is 10.9 Å². The molecule has 0 saturated heterocycles. The van der Waals surface area contributed by atoms with Gasteiger partial charge in [-0.1, -0.05) is 188 Å². The maximum atomic E-state index is 13.1. The molecule has 0 aliphatic rings. The zero-order chi connectivity index (χ0) is 62.7. The Balaban J connectivity index is 1.61. The molecular weight excluding hydrogens is 803 g/mol. The highest BCUT2D eigenvalue weighted by molar-refractivity contribution is 5.98. The summed E-state index contributed by atoms with van der Waals surface area (Å²) in [7, 11) is 0. The molecule has 0 fully saturated rings. The molecule has 6 aromatic carbocycles. The van der Waals surface area contributed by atoms with Gasteiger partial charge in [0.1, 0.15) is 11.6 Å². The van der Waals surface area contributed by atoms with E-state index in [0.717, 1.165) is 39.4 Å². The van der Waals surface area contributed by atoms with E-state index in [1.165, 1.54) is 0 Å². The van der Waals surface area contributed by atoms with Gasteiger partial charge in [0, 0.05) is 53.1 Å². The van der Waals surface area contributed by atoms with E-state index in [4.69, 9.17) is 34.6 Å². The van der Waals surface area contributed by atoms with Crippen LogP contribution in [0.1, 0.15) is 156 Å². The second kappa shape index (κ2) is 16.6. The zero-order valence-corrected chi connectivity index (χ0v) is 39.1. The molecule has 0 saturated carbocycles. The fraction of sp³-hybridized carbons (Fsp3) is 0.323. The van der Waals surface area contributed by atoms with Crippen molar-refractivity contribution in [1.82, 2.24) is 14.5 Å². The molecule has 0 aliphatic heterocycles. The van der Waals surface area contributed by atoms with E-state index in [2.05, 4.69) is 59.7 Å². The summed E-state index contributed by atoms with van der Waals surface area (Å²) in [5, 5.41) is 13.1. The summed E-state index contributed by atoms with van der Waals surface area (Å²) in [6.45, 7) is -5.85. The number of para-hydroxylation sites is 1. The Hall–Kier alpha value is -6.26. The predicted molar refractivity (Wildman–Crippen MR) is 281 cm³/mol. The maximum Gasteiger partial charge on any atom is 0.149 e. The molecule has 2 aromatic heterocycles. The maximum absolute atomic E-state index is 13.1. The first-order valence-corrected chi connectivity index (χ1v) is 22.1. The molecular formula is C62H69N3O. The fourth-order valence-corrected chi connectivity index (χ4v) is 8.62. The lowest BCUT2D eigenvalue weighted by molar-refractivity contribution is 0.446. The lowest BCUT2D eigenvalue weighted by atomic mass is 9.79. The summed E-state index contributed by atoms with van der Waals surface area (Å²) in [5.41, 5.74) is -3.33. The third kappa shape index (κ3) is 9.00. The molecule has 66 heavy (non-hydrogen) atoms. The summed E-state index contributed by atoms with van der Waals surface area (Å²) in [6.07, 6.45) is 1.75. The van der Waals surface area contributed by atoms with Crippen molar-refractivity contribution in [2.75, 3.05) is 0 Å². The van der Waals surface area contributed by atoms with Crippen LogP contribution in [0.5, 0.6) is 5.75 Å². The number of rotatable bonds is 6. The van der Waals surface area contributed by atoms with Crippen LogP contribution < -0.4 is 0 Å². The third-order valence-corrected chi connectivity index (χ3v) is 12.3. The molecule has 338 valence electrons. The van der Waals surface area contributed by atoms with Crippen molar-refractivity contribution in [3.05, 3.63) is 167 Å². The number of hydrogen-bond donors (Lipinski definition) is 1. The largest absolute Gasteiger partial charge is 0.507 e. The van der Waals surface area contributed by atoms with E-state index < -0.39 is 91.0 Å². The molecule has 8 rings (SSSR count). The van der Waals surface area contributed by atoms with Crippen molar-refractivity contribution in [3.63, 3.8) is 0 Å². The van der Waals surface area contributed by atoms with Gasteiger partial charge < -0.3 is 5.11 Å². The van der Waals surface area contributed by atoms with Crippen LogP contribution in [0.15, 0.2) is 140 Å². The third-order valence-electron chi connectivity index (χ3n) is 12.3. The summed E-state index contributed by atoms with van der Waals surface area (Å²) in [4.78, 5) is 10.1. The minimum atomic E-state index is -4.14. The second-order valence-corrected chi connectivity index (χ2v) is 20.5. The molecule has 4 heteroatoms. The van der Waals surface area contributed by atoms with Gasteiger partial charge in [-0.15, -0.1) is 0 Å².